The van der Waals surface area contributed by atoms with Gasteiger partial charge in [0.25, 0.3) is 0 Å². The van der Waals surface area contributed by atoms with Gasteiger partial charge < -0.3 is 18.8 Å². The molecule has 1 N–H and O–H groups in total. The Balaban J connectivity index is 1.33. The van der Waals surface area contributed by atoms with Gasteiger partial charge in [-0.15, -0.1) is 5.10 Å². The van der Waals surface area contributed by atoms with Gasteiger partial charge in [0.1, 0.15) is 23.6 Å². The maximum absolute atomic E-state index is 11.4. The zero-order valence-corrected chi connectivity index (χ0v) is 16.3. The van der Waals surface area contributed by atoms with Crippen LogP contribution >= 0.6 is 0 Å². The maximum atomic E-state index is 11.4. The fourth-order valence-corrected chi connectivity index (χ4v) is 3.11. The van der Waals surface area contributed by atoms with E-state index in [-0.39, 0.29) is 17.8 Å². The van der Waals surface area contributed by atoms with Gasteiger partial charge in [0.2, 0.25) is 5.43 Å². The van der Waals surface area contributed by atoms with Crippen molar-refractivity contribution in [1.29, 1.82) is 0 Å². The van der Waals surface area contributed by atoms with Gasteiger partial charge in [0, 0.05) is 42.9 Å². The van der Waals surface area contributed by atoms with Crippen molar-refractivity contribution in [2.24, 2.45) is 0 Å². The molecule has 0 spiro atoms. The molecular formula is C21H20N4O5. The largest absolute Gasteiger partial charge is 0.503 e. The van der Waals surface area contributed by atoms with Crippen molar-refractivity contribution in [2.45, 2.75) is 33.0 Å². The average molecular weight is 408 g/mol. The molecule has 3 aromatic heterocycles. The number of hydrogen-bond acceptors (Lipinski definition) is 7. The van der Waals surface area contributed by atoms with Gasteiger partial charge >= 0.3 is 5.63 Å². The molecule has 0 radical (unpaired) electrons. The van der Waals surface area contributed by atoms with Crippen LogP contribution in [0.2, 0.25) is 0 Å². The number of nitrogens with zero attached hydrogens (tertiary/aromatic N) is 4. The molecule has 0 fully saturated rings. The molecule has 0 aliphatic heterocycles. The molecule has 3 heterocycles. The average Bonchev–Trinajstić information content (AvgIpc) is 3.19. The summed E-state index contributed by atoms with van der Waals surface area (Å²) in [5, 5.41) is 18.8. The molecule has 0 aliphatic carbocycles. The quantitative estimate of drug-likeness (QED) is 0.467. The smallest absolute Gasteiger partial charge is 0.336 e. The van der Waals surface area contributed by atoms with Gasteiger partial charge in [-0.1, -0.05) is 5.21 Å². The number of aryl methyl sites for hydroxylation is 2. The SMILES string of the molecule is Cc1c(O)c(=O)ccn1CCCn1cc(COc2ccc3ccc(=O)oc3c2)nn1. The Kier molecular flexibility index (Phi) is 5.34. The van der Waals surface area contributed by atoms with Crippen LogP contribution in [0.1, 0.15) is 17.8 Å². The van der Waals surface area contributed by atoms with Gasteiger partial charge in [0.05, 0.1) is 11.9 Å². The van der Waals surface area contributed by atoms with E-state index in [1.807, 2.05) is 10.6 Å². The highest BCUT2D eigenvalue weighted by atomic mass is 16.5. The molecule has 4 aromatic rings. The molecule has 1 aromatic carbocycles. The monoisotopic (exact) mass is 408 g/mol. The van der Waals surface area contributed by atoms with E-state index in [0.717, 1.165) is 11.8 Å². The van der Waals surface area contributed by atoms with Crippen molar-refractivity contribution < 1.29 is 14.3 Å². The standard InChI is InChI=1S/C21H20N4O5/c1-14-21(28)18(26)7-10-24(14)8-2-9-25-12-16(22-23-25)13-29-17-5-3-15-4-6-20(27)30-19(15)11-17/h3-7,10-12,28H,2,8-9,13H2,1H3. The van der Waals surface area contributed by atoms with Crippen LogP contribution in [0.25, 0.3) is 11.0 Å². The van der Waals surface area contributed by atoms with E-state index >= 15 is 0 Å². The maximum Gasteiger partial charge on any atom is 0.336 e. The Bertz CT molecular complexity index is 1300. The molecule has 9 heteroatoms. The number of benzene rings is 1. The van der Waals surface area contributed by atoms with E-state index in [9.17, 15) is 14.7 Å². The molecule has 154 valence electrons. The van der Waals surface area contributed by atoms with Gasteiger partial charge in [-0.2, -0.15) is 0 Å². The van der Waals surface area contributed by atoms with Crippen LogP contribution in [-0.4, -0.2) is 24.7 Å². The van der Waals surface area contributed by atoms with E-state index in [2.05, 4.69) is 10.3 Å². The van der Waals surface area contributed by atoms with Crippen molar-refractivity contribution in [3.8, 4) is 11.5 Å². The Labute approximate surface area is 170 Å². The van der Waals surface area contributed by atoms with Crippen LogP contribution in [0.3, 0.4) is 0 Å². The first kappa shape index (κ1) is 19.4. The molecule has 30 heavy (non-hydrogen) atoms. The lowest BCUT2D eigenvalue weighted by Gasteiger charge is -2.11. The van der Waals surface area contributed by atoms with Crippen LogP contribution < -0.4 is 15.8 Å². The third-order valence-corrected chi connectivity index (χ3v) is 4.77. The molecule has 0 bridgehead atoms. The van der Waals surface area contributed by atoms with Gasteiger partial charge in [-0.25, -0.2) is 4.79 Å². The minimum Gasteiger partial charge on any atom is -0.503 e. The fourth-order valence-electron chi connectivity index (χ4n) is 3.11. The second-order valence-electron chi connectivity index (χ2n) is 6.88. The summed E-state index contributed by atoms with van der Waals surface area (Å²) in [6, 6.07) is 9.72. The summed E-state index contributed by atoms with van der Waals surface area (Å²) in [6.45, 7) is 3.20. The van der Waals surface area contributed by atoms with Crippen LogP contribution in [0, 0.1) is 6.92 Å². The van der Waals surface area contributed by atoms with Crippen LogP contribution in [0.4, 0.5) is 0 Å². The zero-order valence-electron chi connectivity index (χ0n) is 16.3. The van der Waals surface area contributed by atoms with Crippen molar-refractivity contribution in [3.05, 3.63) is 80.8 Å². The van der Waals surface area contributed by atoms with Crippen molar-refractivity contribution in [1.82, 2.24) is 19.6 Å². The summed E-state index contributed by atoms with van der Waals surface area (Å²) in [5.74, 6) is 0.352. The van der Waals surface area contributed by atoms with Gasteiger partial charge in [0.15, 0.2) is 5.75 Å². The first-order valence-corrected chi connectivity index (χ1v) is 9.44. The third kappa shape index (κ3) is 4.24. The minimum atomic E-state index is -0.407. The number of aromatic hydroxyl groups is 1. The van der Waals surface area contributed by atoms with E-state index in [1.54, 1.807) is 42.2 Å². The summed E-state index contributed by atoms with van der Waals surface area (Å²) in [6.07, 6.45) is 4.22. The van der Waals surface area contributed by atoms with Crippen molar-refractivity contribution in [3.63, 3.8) is 0 Å². The summed E-state index contributed by atoms with van der Waals surface area (Å²) in [7, 11) is 0. The van der Waals surface area contributed by atoms with Crippen LogP contribution in [0.5, 0.6) is 11.5 Å². The molecule has 0 atom stereocenters. The van der Waals surface area contributed by atoms with Gasteiger partial charge in [-0.3, -0.25) is 9.48 Å². The van der Waals surface area contributed by atoms with E-state index in [1.165, 1.54) is 12.1 Å². The second-order valence-corrected chi connectivity index (χ2v) is 6.88. The lowest BCUT2D eigenvalue weighted by molar-refractivity contribution is 0.301. The number of hydrogen-bond donors (Lipinski definition) is 1. The number of aromatic nitrogens is 4. The number of ether oxygens (including phenoxy) is 1. The lowest BCUT2D eigenvalue weighted by atomic mass is 10.2. The van der Waals surface area contributed by atoms with Crippen LogP contribution in [-0.2, 0) is 19.7 Å². The van der Waals surface area contributed by atoms with E-state index in [4.69, 9.17) is 9.15 Å². The zero-order chi connectivity index (χ0) is 21.1. The highest BCUT2D eigenvalue weighted by molar-refractivity contribution is 5.77. The Morgan fingerprint density at radius 2 is 1.97 bits per heavy atom. The molecular weight excluding hydrogens is 388 g/mol. The minimum absolute atomic E-state index is 0.217. The highest BCUT2D eigenvalue weighted by Crippen LogP contribution is 2.20. The number of rotatable bonds is 7. The molecule has 0 aliphatic rings. The first-order chi connectivity index (χ1) is 14.5. The topological polar surface area (TPSA) is 112 Å². The lowest BCUT2D eigenvalue weighted by Crippen LogP contribution is -2.11. The Hall–Kier alpha value is -3.88. The predicted octanol–water partition coefficient (Wildman–Crippen LogP) is 2.23. The second kappa shape index (κ2) is 8.24. The Morgan fingerprint density at radius 1 is 1.13 bits per heavy atom. The third-order valence-electron chi connectivity index (χ3n) is 4.77. The first-order valence-electron chi connectivity index (χ1n) is 9.44. The molecule has 0 saturated heterocycles. The molecule has 0 unspecified atom stereocenters. The van der Waals surface area contributed by atoms with E-state index in [0.29, 0.717) is 35.8 Å². The molecule has 9 nitrogen and oxygen atoms in total. The number of pyridine rings is 1. The normalized spacial score (nSPS) is 11.1. The highest BCUT2D eigenvalue weighted by Gasteiger charge is 2.07. The number of fused-ring (bicyclic) bond motifs is 1. The van der Waals surface area contributed by atoms with Gasteiger partial charge in [-0.05, 0) is 31.5 Å². The fraction of sp³-hybridized carbons (Fsp3) is 0.238. The summed E-state index contributed by atoms with van der Waals surface area (Å²) in [4.78, 5) is 22.8. The van der Waals surface area contributed by atoms with Crippen molar-refractivity contribution >= 4 is 11.0 Å². The molecule has 0 amide bonds. The Morgan fingerprint density at radius 3 is 2.83 bits per heavy atom. The predicted molar refractivity (Wildman–Crippen MR) is 109 cm³/mol. The summed E-state index contributed by atoms with van der Waals surface area (Å²) in [5.41, 5.74) is 0.893. The van der Waals surface area contributed by atoms with Crippen LogP contribution in [0.15, 0.2) is 62.8 Å². The molecule has 0 saturated carbocycles. The summed E-state index contributed by atoms with van der Waals surface area (Å²) >= 11 is 0. The van der Waals surface area contributed by atoms with Crippen molar-refractivity contribution in [2.75, 3.05) is 0 Å². The molecule has 4 rings (SSSR count). The summed E-state index contributed by atoms with van der Waals surface area (Å²) < 4.78 is 14.4. The van der Waals surface area contributed by atoms with E-state index < -0.39 is 5.63 Å².